The van der Waals surface area contributed by atoms with E-state index in [1.807, 2.05) is 6.92 Å². The van der Waals surface area contributed by atoms with E-state index in [1.54, 1.807) is 31.2 Å². The van der Waals surface area contributed by atoms with Crippen molar-refractivity contribution in [2.24, 2.45) is 5.92 Å². The fraction of sp³-hybridized carbons (Fsp3) is 0.533. The summed E-state index contributed by atoms with van der Waals surface area (Å²) in [5.41, 5.74) is 1.04. The molecule has 2 rings (SSSR count). The molecule has 0 amide bonds. The van der Waals surface area contributed by atoms with Crippen LogP contribution >= 0.6 is 0 Å². The fourth-order valence-electron chi connectivity index (χ4n) is 1.69. The van der Waals surface area contributed by atoms with Crippen LogP contribution in [0.5, 0.6) is 0 Å². The van der Waals surface area contributed by atoms with E-state index in [2.05, 4.69) is 4.74 Å². The van der Waals surface area contributed by atoms with Crippen molar-refractivity contribution in [2.75, 3.05) is 13.2 Å². The van der Waals surface area contributed by atoms with Gasteiger partial charge in [-0.25, -0.2) is 0 Å². The Labute approximate surface area is 126 Å². The van der Waals surface area contributed by atoms with Crippen LogP contribution in [-0.2, 0) is 23.8 Å². The highest BCUT2D eigenvalue weighted by molar-refractivity contribution is 7.86. The van der Waals surface area contributed by atoms with Gasteiger partial charge in [0.2, 0.25) is 0 Å². The molecule has 0 heterocycles. The molecular weight excluding hydrogens is 292 g/mol. The molecule has 1 aromatic carbocycles. The second-order valence-corrected chi connectivity index (χ2v) is 6.52. The highest BCUT2D eigenvalue weighted by Crippen LogP contribution is 2.27. The Bertz CT molecular complexity index is 517. The van der Waals surface area contributed by atoms with Gasteiger partial charge >= 0.3 is 0 Å². The summed E-state index contributed by atoms with van der Waals surface area (Å²) >= 11 is 0. The zero-order valence-electron chi connectivity index (χ0n) is 12.4. The molecule has 1 aliphatic rings. The minimum Gasteiger partial charge on any atom is -0.468 e. The average molecular weight is 314 g/mol. The molecule has 1 saturated carbocycles. The van der Waals surface area contributed by atoms with E-state index < -0.39 is 10.1 Å². The summed E-state index contributed by atoms with van der Waals surface area (Å²) in [5.74, 6) is 0.431. The molecule has 0 radical (unpaired) electrons. The molecule has 0 unspecified atom stereocenters. The van der Waals surface area contributed by atoms with Crippen LogP contribution in [-0.4, -0.2) is 28.1 Å². The summed E-state index contributed by atoms with van der Waals surface area (Å²) in [7, 11) is -3.55. The molecule has 5 nitrogen and oxygen atoms in total. The molecule has 0 atom stereocenters. The maximum Gasteiger partial charge on any atom is 0.296 e. The number of carbonyl (C=O) groups excluding carboxylic acids is 1. The standard InChI is InChI=1S/C12H16O3S.C3H6O2/c1-10-5-7-12(8-6-10)16(13,14)15-9-11-3-2-4-11;1-2-5-3-4/h5-8,11H,2-4,9H2,1H3;3H,2H2,1H3. The number of ether oxygens (including phenoxy) is 1. The zero-order valence-corrected chi connectivity index (χ0v) is 13.3. The van der Waals surface area contributed by atoms with Crippen LogP contribution in [0.4, 0.5) is 0 Å². The summed E-state index contributed by atoms with van der Waals surface area (Å²) in [4.78, 5) is 9.43. The summed E-state index contributed by atoms with van der Waals surface area (Å²) in [5, 5.41) is 0. The molecule has 118 valence electrons. The van der Waals surface area contributed by atoms with Gasteiger partial charge in [0.25, 0.3) is 16.6 Å². The molecule has 1 aromatic rings. The lowest BCUT2D eigenvalue weighted by molar-refractivity contribution is -0.128. The Balaban J connectivity index is 0.000000383. The van der Waals surface area contributed by atoms with Gasteiger partial charge in [-0.15, -0.1) is 0 Å². The molecule has 1 aliphatic carbocycles. The van der Waals surface area contributed by atoms with Gasteiger partial charge in [0, 0.05) is 0 Å². The van der Waals surface area contributed by atoms with Crippen LogP contribution in [0.15, 0.2) is 29.2 Å². The Morgan fingerprint density at radius 3 is 2.24 bits per heavy atom. The monoisotopic (exact) mass is 314 g/mol. The maximum atomic E-state index is 11.8. The Morgan fingerprint density at radius 2 is 1.86 bits per heavy atom. The predicted octanol–water partition coefficient (Wildman–Crippen LogP) is 2.68. The molecule has 0 saturated heterocycles. The normalized spacial score (nSPS) is 14.6. The largest absolute Gasteiger partial charge is 0.468 e. The summed E-state index contributed by atoms with van der Waals surface area (Å²) in [6.07, 6.45) is 3.37. The topological polar surface area (TPSA) is 69.7 Å². The quantitative estimate of drug-likeness (QED) is 0.596. The smallest absolute Gasteiger partial charge is 0.296 e. The van der Waals surface area contributed by atoms with E-state index in [4.69, 9.17) is 4.18 Å². The Hall–Kier alpha value is -1.40. The Morgan fingerprint density at radius 1 is 1.24 bits per heavy atom. The number of rotatable bonds is 6. The predicted molar refractivity (Wildman–Crippen MR) is 79.3 cm³/mol. The van der Waals surface area contributed by atoms with Gasteiger partial charge < -0.3 is 4.74 Å². The lowest BCUT2D eigenvalue weighted by Gasteiger charge is -2.24. The van der Waals surface area contributed by atoms with Crippen molar-refractivity contribution < 1.29 is 22.1 Å². The first-order valence-corrected chi connectivity index (χ1v) is 8.41. The minimum atomic E-state index is -3.55. The van der Waals surface area contributed by atoms with Gasteiger partial charge in [-0.3, -0.25) is 8.98 Å². The molecule has 6 heteroatoms. The number of aryl methyl sites for hydroxylation is 1. The number of carbonyl (C=O) groups is 1. The molecule has 0 N–H and O–H groups in total. The minimum absolute atomic E-state index is 0.248. The summed E-state index contributed by atoms with van der Waals surface area (Å²) < 4.78 is 32.7. The number of hydrogen-bond donors (Lipinski definition) is 0. The summed E-state index contributed by atoms with van der Waals surface area (Å²) in [6.45, 7) is 4.92. The first-order chi connectivity index (χ1) is 9.99. The fourth-order valence-corrected chi connectivity index (χ4v) is 2.66. The van der Waals surface area contributed by atoms with Gasteiger partial charge in [-0.2, -0.15) is 8.42 Å². The maximum absolute atomic E-state index is 11.8. The molecule has 0 aromatic heterocycles. The SMILES string of the molecule is CCOC=O.Cc1ccc(S(=O)(=O)OCC2CCC2)cc1. The van der Waals surface area contributed by atoms with Crippen molar-refractivity contribution in [1.82, 2.24) is 0 Å². The zero-order chi connectivity index (χ0) is 15.7. The van der Waals surface area contributed by atoms with Crippen molar-refractivity contribution in [2.45, 2.75) is 38.0 Å². The van der Waals surface area contributed by atoms with Crippen molar-refractivity contribution in [3.8, 4) is 0 Å². The lowest BCUT2D eigenvalue weighted by Crippen LogP contribution is -2.20. The second kappa shape index (κ2) is 8.79. The molecule has 21 heavy (non-hydrogen) atoms. The van der Waals surface area contributed by atoms with Crippen molar-refractivity contribution in [3.63, 3.8) is 0 Å². The first kappa shape index (κ1) is 17.7. The van der Waals surface area contributed by atoms with Gasteiger partial charge in [0.15, 0.2) is 0 Å². The van der Waals surface area contributed by atoms with E-state index >= 15 is 0 Å². The van der Waals surface area contributed by atoms with E-state index in [1.165, 1.54) is 6.42 Å². The lowest BCUT2D eigenvalue weighted by atomic mass is 9.86. The van der Waals surface area contributed by atoms with Crippen LogP contribution in [0, 0.1) is 12.8 Å². The van der Waals surface area contributed by atoms with Gasteiger partial charge in [0.05, 0.1) is 18.1 Å². The van der Waals surface area contributed by atoms with Crippen LogP contribution < -0.4 is 0 Å². The van der Waals surface area contributed by atoms with E-state index in [-0.39, 0.29) is 4.90 Å². The summed E-state index contributed by atoms with van der Waals surface area (Å²) in [6, 6.07) is 6.73. The van der Waals surface area contributed by atoms with Gasteiger partial charge in [0.1, 0.15) is 0 Å². The molecule has 0 bridgehead atoms. The van der Waals surface area contributed by atoms with E-state index in [0.717, 1.165) is 18.4 Å². The Kier molecular flexibility index (Phi) is 7.39. The van der Waals surface area contributed by atoms with Crippen LogP contribution in [0.3, 0.4) is 0 Å². The second-order valence-electron chi connectivity index (χ2n) is 4.90. The number of hydrogen-bond acceptors (Lipinski definition) is 5. The molecule has 0 spiro atoms. The molecule has 0 aliphatic heterocycles. The van der Waals surface area contributed by atoms with Crippen LogP contribution in [0.25, 0.3) is 0 Å². The number of benzene rings is 1. The van der Waals surface area contributed by atoms with Crippen LogP contribution in [0.1, 0.15) is 31.7 Å². The third-order valence-corrected chi connectivity index (χ3v) is 4.52. The van der Waals surface area contributed by atoms with Crippen molar-refractivity contribution >= 4 is 16.6 Å². The van der Waals surface area contributed by atoms with Gasteiger partial charge in [-0.1, -0.05) is 24.1 Å². The third-order valence-electron chi connectivity index (χ3n) is 3.23. The highest BCUT2D eigenvalue weighted by atomic mass is 32.2. The molecular formula is C15H22O5S. The van der Waals surface area contributed by atoms with E-state index in [9.17, 15) is 13.2 Å². The van der Waals surface area contributed by atoms with Crippen molar-refractivity contribution in [3.05, 3.63) is 29.8 Å². The van der Waals surface area contributed by atoms with Crippen LogP contribution in [0.2, 0.25) is 0 Å². The average Bonchev–Trinajstić information content (AvgIpc) is 2.39. The highest BCUT2D eigenvalue weighted by Gasteiger charge is 2.22. The molecule has 1 fully saturated rings. The van der Waals surface area contributed by atoms with Gasteiger partial charge in [-0.05, 0) is 44.7 Å². The van der Waals surface area contributed by atoms with Crippen molar-refractivity contribution in [1.29, 1.82) is 0 Å². The first-order valence-electron chi connectivity index (χ1n) is 7.01. The third kappa shape index (κ3) is 6.27. The van der Waals surface area contributed by atoms with E-state index in [0.29, 0.717) is 25.6 Å².